The molecule has 0 aromatic carbocycles. The van der Waals surface area contributed by atoms with E-state index >= 15 is 0 Å². The summed E-state index contributed by atoms with van der Waals surface area (Å²) in [5.74, 6) is 0.403. The van der Waals surface area contributed by atoms with Crippen LogP contribution in [-0.4, -0.2) is 34.3 Å². The highest BCUT2D eigenvalue weighted by Gasteiger charge is 2.15. The number of aromatic nitrogens is 4. The lowest BCUT2D eigenvalue weighted by Gasteiger charge is -2.12. The van der Waals surface area contributed by atoms with E-state index in [-0.39, 0.29) is 0 Å². The van der Waals surface area contributed by atoms with Crippen molar-refractivity contribution in [3.05, 3.63) is 30.2 Å². The van der Waals surface area contributed by atoms with Crippen LogP contribution in [-0.2, 0) is 0 Å². The normalized spacial score (nSPS) is 11.4. The number of hydrogen-bond donors (Lipinski definition) is 2. The predicted molar refractivity (Wildman–Crippen MR) is 82.1 cm³/mol. The van der Waals surface area contributed by atoms with Crippen molar-refractivity contribution >= 4 is 16.7 Å². The Bertz CT molecular complexity index is 736. The Kier molecular flexibility index (Phi) is 2.97. The van der Waals surface area contributed by atoms with E-state index in [1.807, 2.05) is 32.6 Å². The van der Waals surface area contributed by atoms with Gasteiger partial charge in [0, 0.05) is 42.6 Å². The Morgan fingerprint density at radius 2 is 2.05 bits per heavy atom. The summed E-state index contributed by atoms with van der Waals surface area (Å²) >= 11 is 0. The van der Waals surface area contributed by atoms with Gasteiger partial charge >= 0.3 is 0 Å². The number of pyridine rings is 1. The molecule has 5 heteroatoms. The third-order valence-electron chi connectivity index (χ3n) is 3.53. The first kappa shape index (κ1) is 12.7. The minimum Gasteiger partial charge on any atom is -0.377 e. The zero-order chi connectivity index (χ0) is 14.3. The van der Waals surface area contributed by atoms with Crippen LogP contribution in [0.4, 0.5) is 5.69 Å². The molecule has 0 aliphatic carbocycles. The van der Waals surface area contributed by atoms with Crippen molar-refractivity contribution < 1.29 is 0 Å². The molecule has 0 aliphatic rings. The number of rotatable bonds is 3. The number of fused-ring (bicyclic) bond motifs is 1. The van der Waals surface area contributed by atoms with E-state index in [1.165, 1.54) is 0 Å². The standard InChI is InChI=1S/C15H19N5/c1-9(2)14-11(8-17-19-14)12-7-10-13(20(3)4)5-6-16-15(10)18-12/h5-9H,1-4H3,(H,16,18)(H,17,19). The van der Waals surface area contributed by atoms with Crippen LogP contribution in [0.2, 0.25) is 0 Å². The molecule has 20 heavy (non-hydrogen) atoms. The summed E-state index contributed by atoms with van der Waals surface area (Å²) in [7, 11) is 4.08. The van der Waals surface area contributed by atoms with E-state index < -0.39 is 0 Å². The highest BCUT2D eigenvalue weighted by molar-refractivity contribution is 5.93. The topological polar surface area (TPSA) is 60.6 Å². The summed E-state index contributed by atoms with van der Waals surface area (Å²) in [4.78, 5) is 9.90. The van der Waals surface area contributed by atoms with Gasteiger partial charge in [-0.15, -0.1) is 0 Å². The molecule has 0 saturated heterocycles. The van der Waals surface area contributed by atoms with Crippen LogP contribution < -0.4 is 4.90 Å². The van der Waals surface area contributed by atoms with E-state index in [0.717, 1.165) is 33.7 Å². The zero-order valence-electron chi connectivity index (χ0n) is 12.2. The van der Waals surface area contributed by atoms with Crippen molar-refractivity contribution in [1.82, 2.24) is 20.2 Å². The van der Waals surface area contributed by atoms with E-state index in [1.54, 1.807) is 0 Å². The minimum atomic E-state index is 0.403. The fourth-order valence-electron chi connectivity index (χ4n) is 2.50. The zero-order valence-corrected chi connectivity index (χ0v) is 12.2. The molecule has 0 aliphatic heterocycles. The average molecular weight is 269 g/mol. The molecule has 0 atom stereocenters. The predicted octanol–water partition coefficient (Wildman–Crippen LogP) is 3.14. The summed E-state index contributed by atoms with van der Waals surface area (Å²) in [5, 5.41) is 8.38. The largest absolute Gasteiger partial charge is 0.377 e. The van der Waals surface area contributed by atoms with E-state index in [9.17, 15) is 0 Å². The number of anilines is 1. The summed E-state index contributed by atoms with van der Waals surface area (Å²) in [6.07, 6.45) is 3.70. The van der Waals surface area contributed by atoms with Gasteiger partial charge in [0.15, 0.2) is 0 Å². The van der Waals surface area contributed by atoms with Gasteiger partial charge in [0.2, 0.25) is 0 Å². The molecule has 2 N–H and O–H groups in total. The van der Waals surface area contributed by atoms with E-state index in [0.29, 0.717) is 5.92 Å². The highest BCUT2D eigenvalue weighted by atomic mass is 15.1. The van der Waals surface area contributed by atoms with Crippen molar-refractivity contribution in [2.75, 3.05) is 19.0 Å². The van der Waals surface area contributed by atoms with Crippen molar-refractivity contribution in [3.63, 3.8) is 0 Å². The molecular weight excluding hydrogens is 250 g/mol. The van der Waals surface area contributed by atoms with Crippen LogP contribution in [0, 0.1) is 0 Å². The molecular formula is C15H19N5. The van der Waals surface area contributed by atoms with Crippen LogP contribution in [0.25, 0.3) is 22.3 Å². The monoisotopic (exact) mass is 269 g/mol. The van der Waals surface area contributed by atoms with Gasteiger partial charge in [-0.3, -0.25) is 5.10 Å². The third kappa shape index (κ3) is 1.95. The molecule has 0 bridgehead atoms. The Morgan fingerprint density at radius 3 is 2.75 bits per heavy atom. The molecule has 0 saturated carbocycles. The van der Waals surface area contributed by atoms with Crippen LogP contribution in [0.5, 0.6) is 0 Å². The quantitative estimate of drug-likeness (QED) is 0.768. The molecule has 0 unspecified atom stereocenters. The van der Waals surface area contributed by atoms with Crippen LogP contribution in [0.3, 0.4) is 0 Å². The second-order valence-electron chi connectivity index (χ2n) is 5.52. The van der Waals surface area contributed by atoms with Gasteiger partial charge in [0.1, 0.15) is 5.65 Å². The van der Waals surface area contributed by atoms with Gasteiger partial charge in [-0.1, -0.05) is 13.8 Å². The van der Waals surface area contributed by atoms with E-state index in [2.05, 4.69) is 45.0 Å². The lowest BCUT2D eigenvalue weighted by molar-refractivity contribution is 0.812. The van der Waals surface area contributed by atoms with Gasteiger partial charge in [-0.25, -0.2) is 4.98 Å². The Balaban J connectivity index is 2.18. The van der Waals surface area contributed by atoms with Crippen LogP contribution in [0.15, 0.2) is 24.5 Å². The molecule has 3 rings (SSSR count). The van der Waals surface area contributed by atoms with Gasteiger partial charge < -0.3 is 9.88 Å². The number of aromatic amines is 2. The smallest absolute Gasteiger partial charge is 0.139 e. The first-order valence-electron chi connectivity index (χ1n) is 6.76. The molecule has 0 fully saturated rings. The Labute approximate surface area is 118 Å². The summed E-state index contributed by atoms with van der Waals surface area (Å²) in [5.41, 5.74) is 5.37. The maximum Gasteiger partial charge on any atom is 0.139 e. The molecule has 3 aromatic rings. The highest BCUT2D eigenvalue weighted by Crippen LogP contribution is 2.32. The minimum absolute atomic E-state index is 0.403. The molecule has 3 aromatic heterocycles. The van der Waals surface area contributed by atoms with Gasteiger partial charge in [0.05, 0.1) is 11.9 Å². The SMILES string of the molecule is CC(C)c1[nH]ncc1-c1cc2c(N(C)C)ccnc2[nH]1. The number of hydrogen-bond acceptors (Lipinski definition) is 3. The van der Waals surface area contributed by atoms with Crippen molar-refractivity contribution in [2.45, 2.75) is 19.8 Å². The first-order valence-corrected chi connectivity index (χ1v) is 6.76. The Morgan fingerprint density at radius 1 is 1.25 bits per heavy atom. The van der Waals surface area contributed by atoms with Crippen molar-refractivity contribution in [2.24, 2.45) is 0 Å². The maximum absolute atomic E-state index is 4.42. The molecule has 0 amide bonds. The van der Waals surface area contributed by atoms with Gasteiger partial charge in [-0.05, 0) is 18.1 Å². The van der Waals surface area contributed by atoms with Crippen LogP contribution >= 0.6 is 0 Å². The lowest BCUT2D eigenvalue weighted by atomic mass is 10.0. The average Bonchev–Trinajstić information content (AvgIpc) is 3.03. The number of nitrogens with zero attached hydrogens (tertiary/aromatic N) is 3. The van der Waals surface area contributed by atoms with E-state index in [4.69, 9.17) is 0 Å². The Hall–Kier alpha value is -2.30. The molecule has 0 spiro atoms. The summed E-state index contributed by atoms with van der Waals surface area (Å²) in [6, 6.07) is 4.17. The van der Waals surface area contributed by atoms with Gasteiger partial charge in [0.25, 0.3) is 0 Å². The molecule has 0 radical (unpaired) electrons. The summed E-state index contributed by atoms with van der Waals surface area (Å²) in [6.45, 7) is 4.31. The van der Waals surface area contributed by atoms with Crippen LogP contribution in [0.1, 0.15) is 25.5 Å². The second kappa shape index (κ2) is 4.67. The fourth-order valence-corrected chi connectivity index (χ4v) is 2.50. The van der Waals surface area contributed by atoms with Crippen molar-refractivity contribution in [1.29, 1.82) is 0 Å². The molecule has 5 nitrogen and oxygen atoms in total. The lowest BCUT2D eigenvalue weighted by Crippen LogP contribution is -2.08. The summed E-state index contributed by atoms with van der Waals surface area (Å²) < 4.78 is 0. The molecule has 3 heterocycles. The first-order chi connectivity index (χ1) is 9.58. The number of nitrogens with one attached hydrogen (secondary N) is 2. The van der Waals surface area contributed by atoms with Crippen molar-refractivity contribution in [3.8, 4) is 11.3 Å². The molecule has 104 valence electrons. The van der Waals surface area contributed by atoms with Gasteiger partial charge in [-0.2, -0.15) is 5.10 Å². The fraction of sp³-hybridized carbons (Fsp3) is 0.333. The number of H-pyrrole nitrogens is 2. The maximum atomic E-state index is 4.42. The second-order valence-corrected chi connectivity index (χ2v) is 5.52. The third-order valence-corrected chi connectivity index (χ3v) is 3.53.